The van der Waals surface area contributed by atoms with E-state index in [9.17, 15) is 0 Å². The van der Waals surface area contributed by atoms with Crippen molar-refractivity contribution in [3.63, 3.8) is 0 Å². The number of nitrogens with zero attached hydrogens (tertiary/aromatic N) is 2. The van der Waals surface area contributed by atoms with Crippen molar-refractivity contribution < 1.29 is 9.26 Å². The quantitative estimate of drug-likeness (QED) is 0.839. The molecule has 20 heavy (non-hydrogen) atoms. The first-order valence-corrected chi connectivity index (χ1v) is 7.40. The first-order chi connectivity index (χ1) is 9.74. The first kappa shape index (κ1) is 15.0. The number of benzene rings is 1. The predicted octanol–water partition coefficient (Wildman–Crippen LogP) is 3.08. The smallest absolute Gasteiger partial charge is 0.226 e. The van der Waals surface area contributed by atoms with Crippen LogP contribution in [-0.2, 0) is 19.6 Å². The summed E-state index contributed by atoms with van der Waals surface area (Å²) < 4.78 is 11.9. The highest BCUT2D eigenvalue weighted by atomic mass is 79.9. The molecule has 1 aromatic carbocycles. The Labute approximate surface area is 126 Å². The fourth-order valence-corrected chi connectivity index (χ4v) is 2.37. The molecule has 1 aromatic heterocycles. The lowest BCUT2D eigenvalue weighted by Crippen LogP contribution is -2.08. The van der Waals surface area contributed by atoms with Crippen LogP contribution in [-0.4, -0.2) is 17.2 Å². The van der Waals surface area contributed by atoms with Crippen molar-refractivity contribution in [3.05, 3.63) is 40.0 Å². The molecule has 2 rings (SSSR count). The van der Waals surface area contributed by atoms with Crippen LogP contribution in [0.1, 0.15) is 30.6 Å². The Morgan fingerprint density at radius 2 is 2.25 bits per heavy atom. The van der Waals surface area contributed by atoms with Gasteiger partial charge in [0.15, 0.2) is 6.61 Å². The highest BCUT2D eigenvalue weighted by Crippen LogP contribution is 2.29. The van der Waals surface area contributed by atoms with Crippen molar-refractivity contribution in [2.45, 2.75) is 32.9 Å². The monoisotopic (exact) mass is 339 g/mol. The van der Waals surface area contributed by atoms with Gasteiger partial charge in [-0.1, -0.05) is 24.2 Å². The molecule has 0 atom stereocenters. The van der Waals surface area contributed by atoms with E-state index < -0.39 is 0 Å². The molecule has 108 valence electrons. The summed E-state index contributed by atoms with van der Waals surface area (Å²) in [5.74, 6) is 2.04. The van der Waals surface area contributed by atoms with Crippen LogP contribution >= 0.6 is 15.9 Å². The lowest BCUT2D eigenvalue weighted by atomic mass is 10.2. The SMILES string of the molecule is CCCc1nc(COc2c(Br)cccc2CNC)no1. The molecule has 1 heterocycles. The van der Waals surface area contributed by atoms with E-state index in [1.165, 1.54) is 0 Å². The van der Waals surface area contributed by atoms with Crippen LogP contribution in [0.5, 0.6) is 5.75 Å². The molecule has 0 amide bonds. The van der Waals surface area contributed by atoms with Crippen LogP contribution in [0.3, 0.4) is 0 Å². The van der Waals surface area contributed by atoms with Crippen LogP contribution in [0, 0.1) is 0 Å². The largest absolute Gasteiger partial charge is 0.484 e. The van der Waals surface area contributed by atoms with Gasteiger partial charge in [-0.25, -0.2) is 0 Å². The van der Waals surface area contributed by atoms with Gasteiger partial charge >= 0.3 is 0 Å². The lowest BCUT2D eigenvalue weighted by molar-refractivity contribution is 0.280. The van der Waals surface area contributed by atoms with Crippen LogP contribution in [0.4, 0.5) is 0 Å². The Kier molecular flexibility index (Phi) is 5.55. The Morgan fingerprint density at radius 1 is 1.40 bits per heavy atom. The minimum absolute atomic E-state index is 0.298. The van der Waals surface area contributed by atoms with Crippen molar-refractivity contribution in [2.75, 3.05) is 7.05 Å². The van der Waals surface area contributed by atoms with Crippen LogP contribution in [0.25, 0.3) is 0 Å². The first-order valence-electron chi connectivity index (χ1n) is 6.60. The molecule has 0 saturated carbocycles. The third-order valence-corrected chi connectivity index (χ3v) is 3.36. The molecule has 0 aliphatic rings. The van der Waals surface area contributed by atoms with E-state index in [1.807, 2.05) is 25.2 Å². The molecule has 0 saturated heterocycles. The van der Waals surface area contributed by atoms with Gasteiger partial charge in [-0.3, -0.25) is 0 Å². The maximum Gasteiger partial charge on any atom is 0.226 e. The maximum atomic E-state index is 5.83. The number of halogens is 1. The summed E-state index contributed by atoms with van der Waals surface area (Å²) in [6, 6.07) is 5.96. The second-order valence-corrected chi connectivity index (χ2v) is 5.26. The Balaban J connectivity index is 2.05. The van der Waals surface area contributed by atoms with E-state index in [2.05, 4.69) is 38.3 Å². The van der Waals surface area contributed by atoms with Crippen LogP contribution in [0.2, 0.25) is 0 Å². The fourth-order valence-electron chi connectivity index (χ4n) is 1.85. The third kappa shape index (κ3) is 3.80. The molecule has 0 aliphatic heterocycles. The van der Waals surface area contributed by atoms with E-state index in [-0.39, 0.29) is 0 Å². The van der Waals surface area contributed by atoms with E-state index in [0.29, 0.717) is 18.3 Å². The number of aryl methyl sites for hydroxylation is 1. The standard InChI is InChI=1S/C14H18BrN3O2/c1-3-5-13-17-12(18-20-13)9-19-14-10(8-16-2)6-4-7-11(14)15/h4,6-7,16H,3,5,8-9H2,1-2H3. The molecule has 2 aromatic rings. The van der Waals surface area contributed by atoms with Crippen LogP contribution < -0.4 is 10.1 Å². The van der Waals surface area contributed by atoms with Gasteiger partial charge in [0.25, 0.3) is 0 Å². The second-order valence-electron chi connectivity index (χ2n) is 4.40. The predicted molar refractivity (Wildman–Crippen MR) is 79.5 cm³/mol. The summed E-state index contributed by atoms with van der Waals surface area (Å²) in [5, 5.41) is 7.03. The molecule has 6 heteroatoms. The number of ether oxygens (including phenoxy) is 1. The third-order valence-electron chi connectivity index (χ3n) is 2.74. The Morgan fingerprint density at radius 3 is 3.00 bits per heavy atom. The topological polar surface area (TPSA) is 60.2 Å². The molecule has 0 fully saturated rings. The Bertz CT molecular complexity index is 557. The number of aromatic nitrogens is 2. The van der Waals surface area contributed by atoms with E-state index in [1.54, 1.807) is 0 Å². The van der Waals surface area contributed by atoms with Gasteiger partial charge in [0.2, 0.25) is 11.7 Å². The zero-order valence-electron chi connectivity index (χ0n) is 11.6. The number of nitrogens with one attached hydrogen (secondary N) is 1. The maximum absolute atomic E-state index is 5.83. The van der Waals surface area contributed by atoms with Crippen LogP contribution in [0.15, 0.2) is 27.2 Å². The molecule has 1 N–H and O–H groups in total. The van der Waals surface area contributed by atoms with Crippen molar-refractivity contribution in [3.8, 4) is 5.75 Å². The Hall–Kier alpha value is -1.40. The van der Waals surface area contributed by atoms with Gasteiger partial charge in [0.1, 0.15) is 5.75 Å². The van der Waals surface area contributed by atoms with E-state index in [4.69, 9.17) is 9.26 Å². The van der Waals surface area contributed by atoms with Gasteiger partial charge in [-0.15, -0.1) is 0 Å². The zero-order valence-corrected chi connectivity index (χ0v) is 13.2. The normalized spacial score (nSPS) is 10.8. The number of rotatable bonds is 7. The van der Waals surface area contributed by atoms with Gasteiger partial charge in [0, 0.05) is 18.5 Å². The van der Waals surface area contributed by atoms with Crippen molar-refractivity contribution in [1.82, 2.24) is 15.5 Å². The summed E-state index contributed by atoms with van der Waals surface area (Å²) in [4.78, 5) is 4.29. The summed E-state index contributed by atoms with van der Waals surface area (Å²) in [6.07, 6.45) is 1.78. The van der Waals surface area contributed by atoms with E-state index in [0.717, 1.165) is 35.2 Å². The molecule has 0 spiro atoms. The highest BCUT2D eigenvalue weighted by molar-refractivity contribution is 9.10. The van der Waals surface area contributed by atoms with Gasteiger partial charge in [0.05, 0.1) is 4.47 Å². The number of hydrogen-bond acceptors (Lipinski definition) is 5. The van der Waals surface area contributed by atoms with Gasteiger partial charge < -0.3 is 14.6 Å². The summed E-state index contributed by atoms with van der Waals surface area (Å²) in [7, 11) is 1.90. The van der Waals surface area contributed by atoms with Gasteiger partial charge in [-0.05, 0) is 35.5 Å². The van der Waals surface area contributed by atoms with Crippen molar-refractivity contribution in [2.24, 2.45) is 0 Å². The van der Waals surface area contributed by atoms with Gasteiger partial charge in [-0.2, -0.15) is 4.98 Å². The minimum Gasteiger partial charge on any atom is -0.484 e. The summed E-state index contributed by atoms with van der Waals surface area (Å²) in [6.45, 7) is 3.11. The van der Waals surface area contributed by atoms with Crippen molar-refractivity contribution >= 4 is 15.9 Å². The molecule has 0 bridgehead atoms. The average molecular weight is 340 g/mol. The number of para-hydroxylation sites is 1. The minimum atomic E-state index is 0.298. The average Bonchev–Trinajstić information content (AvgIpc) is 2.87. The summed E-state index contributed by atoms with van der Waals surface area (Å²) in [5.41, 5.74) is 1.08. The van der Waals surface area contributed by atoms with Crippen molar-refractivity contribution in [1.29, 1.82) is 0 Å². The fraction of sp³-hybridized carbons (Fsp3) is 0.429. The second kappa shape index (κ2) is 7.40. The number of hydrogen-bond donors (Lipinski definition) is 1. The highest BCUT2D eigenvalue weighted by Gasteiger charge is 2.10. The molecule has 5 nitrogen and oxygen atoms in total. The van der Waals surface area contributed by atoms with E-state index >= 15 is 0 Å². The molecule has 0 radical (unpaired) electrons. The zero-order chi connectivity index (χ0) is 14.4. The molecule has 0 aliphatic carbocycles. The lowest BCUT2D eigenvalue weighted by Gasteiger charge is -2.11. The molecular weight excluding hydrogens is 322 g/mol. The molecular formula is C14H18BrN3O2. The summed E-state index contributed by atoms with van der Waals surface area (Å²) >= 11 is 3.50. The molecule has 0 unspecified atom stereocenters.